The van der Waals surface area contributed by atoms with E-state index < -0.39 is 0 Å². The molecule has 0 atom stereocenters. The number of nitrogens with zero attached hydrogens (tertiary/aromatic N) is 3. The van der Waals surface area contributed by atoms with E-state index in [9.17, 15) is 0 Å². The average molecular weight is 830 g/mol. The van der Waals surface area contributed by atoms with Crippen molar-refractivity contribution in [3.05, 3.63) is 235 Å². The van der Waals surface area contributed by atoms with Gasteiger partial charge in [-0.3, -0.25) is 0 Å². The van der Waals surface area contributed by atoms with Crippen molar-refractivity contribution in [1.82, 2.24) is 14.5 Å². The largest absolute Gasteiger partial charge is 0.313 e. The fourth-order valence-corrected chi connectivity index (χ4v) is 10.7. The monoisotopic (exact) mass is 829 g/mol. The second-order valence-electron chi connectivity index (χ2n) is 17.6. The van der Waals surface area contributed by atoms with Crippen LogP contribution in [0.5, 0.6) is 0 Å². The second-order valence-corrected chi connectivity index (χ2v) is 17.6. The predicted molar refractivity (Wildman–Crippen MR) is 272 cm³/mol. The minimum Gasteiger partial charge on any atom is -0.313 e. The van der Waals surface area contributed by atoms with E-state index in [2.05, 4.69) is 199 Å². The van der Waals surface area contributed by atoms with Crippen LogP contribution in [0.3, 0.4) is 0 Å². The molecule has 0 spiro atoms. The SMILES string of the molecule is C1=CCCC(c2cc(-c3ccc(-c4ccc(-c5cccc6c5-c5cc(C7=CC=C(n8c9ccccc9c9ccccc98)C7)c7ccccc7c5C6)cc4)cc3)nc(-c3ccccc3)n2)=C1. The van der Waals surface area contributed by atoms with Crippen molar-refractivity contribution in [2.45, 2.75) is 25.7 Å². The van der Waals surface area contributed by atoms with Gasteiger partial charge in [0.05, 0.1) is 22.4 Å². The lowest BCUT2D eigenvalue weighted by Crippen LogP contribution is -1.99. The Hall–Kier alpha value is -8.14. The number of allylic oxidation sites excluding steroid dienone is 8. The maximum absolute atomic E-state index is 5.08. The standard InChI is InChI=1S/C62H43N3/c1-3-14-43(15-4-1)57-39-58(64-62(63-57)45-16-5-2-6-17-45)44-32-28-41(29-33-44)40-26-30-42(31-27-40)49-23-13-18-47-37-55-51-20-8-7-19-50(51)54(38-56(55)61(47)49)46-34-35-48(36-46)65-59-24-11-9-21-52(59)53-22-10-12-25-60(53)65/h1-3,5-14,16-35,38-39H,4,15,36-37H2. The summed E-state index contributed by atoms with van der Waals surface area (Å²) in [5.41, 5.74) is 22.2. The summed E-state index contributed by atoms with van der Waals surface area (Å²) in [6.45, 7) is 0. The zero-order valence-corrected chi connectivity index (χ0v) is 35.9. The van der Waals surface area contributed by atoms with Crippen molar-refractivity contribution in [2.24, 2.45) is 0 Å². The van der Waals surface area contributed by atoms with Crippen molar-refractivity contribution < 1.29 is 0 Å². The molecule has 8 aromatic carbocycles. The normalized spacial score (nSPS) is 14.1. The summed E-state index contributed by atoms with van der Waals surface area (Å²) in [5, 5.41) is 5.28. The maximum atomic E-state index is 5.08. The highest BCUT2D eigenvalue weighted by Gasteiger charge is 2.27. The van der Waals surface area contributed by atoms with E-state index >= 15 is 0 Å². The molecule has 65 heavy (non-hydrogen) atoms. The van der Waals surface area contributed by atoms with Gasteiger partial charge in [0, 0.05) is 34.0 Å². The van der Waals surface area contributed by atoms with Gasteiger partial charge < -0.3 is 4.57 Å². The fraction of sp³-hybridized carbons (Fsp3) is 0.0645. The van der Waals surface area contributed by atoms with E-state index in [1.165, 1.54) is 99.5 Å². The Labute approximate surface area is 378 Å². The van der Waals surface area contributed by atoms with Crippen molar-refractivity contribution in [2.75, 3.05) is 0 Å². The molecule has 2 heterocycles. The van der Waals surface area contributed by atoms with Crippen LogP contribution in [-0.2, 0) is 6.42 Å². The third kappa shape index (κ3) is 6.34. The van der Waals surface area contributed by atoms with Crippen molar-refractivity contribution in [3.8, 4) is 56.0 Å². The first-order valence-electron chi connectivity index (χ1n) is 22.8. The van der Waals surface area contributed by atoms with Crippen LogP contribution in [0, 0.1) is 0 Å². The quantitative estimate of drug-likeness (QED) is 0.160. The Balaban J connectivity index is 0.823. The van der Waals surface area contributed by atoms with Crippen LogP contribution in [-0.4, -0.2) is 14.5 Å². The van der Waals surface area contributed by atoms with Gasteiger partial charge in [0.1, 0.15) is 0 Å². The van der Waals surface area contributed by atoms with E-state index in [1.54, 1.807) is 0 Å². The van der Waals surface area contributed by atoms with Crippen LogP contribution in [0.25, 0.3) is 105 Å². The van der Waals surface area contributed by atoms with Gasteiger partial charge in [-0.25, -0.2) is 9.97 Å². The highest BCUT2D eigenvalue weighted by atomic mass is 15.0. The Morgan fingerprint density at radius 3 is 1.78 bits per heavy atom. The Morgan fingerprint density at radius 2 is 1.06 bits per heavy atom. The van der Waals surface area contributed by atoms with Gasteiger partial charge in [-0.05, 0) is 122 Å². The summed E-state index contributed by atoms with van der Waals surface area (Å²) in [4.78, 5) is 10.1. The number of fused-ring (bicyclic) bond motifs is 8. The number of benzene rings is 8. The van der Waals surface area contributed by atoms with Gasteiger partial charge >= 0.3 is 0 Å². The van der Waals surface area contributed by atoms with E-state index in [0.717, 1.165) is 54.0 Å². The number of hydrogen-bond acceptors (Lipinski definition) is 2. The van der Waals surface area contributed by atoms with Gasteiger partial charge in [0.15, 0.2) is 5.82 Å². The first-order chi connectivity index (χ1) is 32.2. The molecule has 0 aliphatic heterocycles. The second kappa shape index (κ2) is 15.3. The summed E-state index contributed by atoms with van der Waals surface area (Å²) >= 11 is 0. The molecule has 306 valence electrons. The van der Waals surface area contributed by atoms with Gasteiger partial charge in [0.25, 0.3) is 0 Å². The Morgan fingerprint density at radius 1 is 0.415 bits per heavy atom. The Bertz CT molecular complexity index is 3620. The summed E-state index contributed by atoms with van der Waals surface area (Å²) in [6.07, 6.45) is 15.1. The predicted octanol–water partition coefficient (Wildman–Crippen LogP) is 16.0. The topological polar surface area (TPSA) is 30.7 Å². The van der Waals surface area contributed by atoms with Crippen LogP contribution in [0.2, 0.25) is 0 Å². The third-order valence-electron chi connectivity index (χ3n) is 13.8. The number of para-hydroxylation sites is 2. The summed E-state index contributed by atoms with van der Waals surface area (Å²) in [7, 11) is 0. The molecule has 0 saturated carbocycles. The molecule has 13 rings (SSSR count). The molecule has 3 aliphatic rings. The highest BCUT2D eigenvalue weighted by Crippen LogP contribution is 2.49. The summed E-state index contributed by atoms with van der Waals surface area (Å²) in [6, 6.07) is 66.5. The van der Waals surface area contributed by atoms with Crippen LogP contribution >= 0.6 is 0 Å². The van der Waals surface area contributed by atoms with Gasteiger partial charge in [-0.2, -0.15) is 0 Å². The summed E-state index contributed by atoms with van der Waals surface area (Å²) < 4.78 is 2.47. The van der Waals surface area contributed by atoms with Crippen LogP contribution in [0.1, 0.15) is 41.6 Å². The number of hydrogen-bond donors (Lipinski definition) is 0. The number of aromatic nitrogens is 3. The first-order valence-corrected chi connectivity index (χ1v) is 22.8. The van der Waals surface area contributed by atoms with Crippen molar-refractivity contribution in [1.29, 1.82) is 0 Å². The van der Waals surface area contributed by atoms with E-state index in [0.29, 0.717) is 0 Å². The zero-order valence-electron chi connectivity index (χ0n) is 35.9. The van der Waals surface area contributed by atoms with Crippen molar-refractivity contribution >= 4 is 49.4 Å². The molecule has 0 bridgehead atoms. The van der Waals surface area contributed by atoms with Gasteiger partial charge in [-0.1, -0.05) is 182 Å². The van der Waals surface area contributed by atoms with Crippen LogP contribution < -0.4 is 0 Å². The molecule has 0 unspecified atom stereocenters. The van der Waals surface area contributed by atoms with E-state index in [4.69, 9.17) is 9.97 Å². The molecule has 3 nitrogen and oxygen atoms in total. The molecule has 10 aromatic rings. The van der Waals surface area contributed by atoms with Crippen LogP contribution in [0.4, 0.5) is 0 Å². The molecular weight excluding hydrogens is 787 g/mol. The molecule has 0 fully saturated rings. The summed E-state index contributed by atoms with van der Waals surface area (Å²) in [5.74, 6) is 0.755. The first kappa shape index (κ1) is 37.4. The lowest BCUT2D eigenvalue weighted by Gasteiger charge is -2.16. The van der Waals surface area contributed by atoms with E-state index in [1.807, 2.05) is 18.2 Å². The smallest absolute Gasteiger partial charge is 0.160 e. The third-order valence-corrected chi connectivity index (χ3v) is 13.8. The lowest BCUT2D eigenvalue weighted by atomic mass is 9.88. The molecule has 0 saturated heterocycles. The number of rotatable bonds is 7. The molecule has 0 N–H and O–H groups in total. The molecular formula is C62H43N3. The zero-order chi connectivity index (χ0) is 42.8. The van der Waals surface area contributed by atoms with E-state index in [-0.39, 0.29) is 0 Å². The van der Waals surface area contributed by atoms with Gasteiger partial charge in [-0.15, -0.1) is 0 Å². The lowest BCUT2D eigenvalue weighted by molar-refractivity contribution is 1.03. The minimum absolute atomic E-state index is 0.755. The Kier molecular flexibility index (Phi) is 8.80. The maximum Gasteiger partial charge on any atom is 0.160 e. The molecule has 3 aliphatic carbocycles. The highest BCUT2D eigenvalue weighted by molar-refractivity contribution is 6.11. The molecule has 3 heteroatoms. The molecule has 0 radical (unpaired) electrons. The molecule has 0 amide bonds. The van der Waals surface area contributed by atoms with Crippen molar-refractivity contribution in [3.63, 3.8) is 0 Å². The minimum atomic E-state index is 0.755. The average Bonchev–Trinajstić information content (AvgIpc) is 4.11. The molecule has 2 aromatic heterocycles. The van der Waals surface area contributed by atoms with Gasteiger partial charge in [0.2, 0.25) is 0 Å². The fourth-order valence-electron chi connectivity index (χ4n) is 10.7. The van der Waals surface area contributed by atoms with Crippen LogP contribution in [0.15, 0.2) is 212 Å².